The lowest BCUT2D eigenvalue weighted by Gasteiger charge is -2.57. The number of amides is 2. The number of fused-ring (bicyclic) bond motifs is 6. The first-order chi connectivity index (χ1) is 30.4. The molecule has 0 spiro atoms. The van der Waals surface area contributed by atoms with Crippen molar-refractivity contribution < 1.29 is 33.3 Å². The number of carbonyl (C=O) groups is 2. The van der Waals surface area contributed by atoms with Gasteiger partial charge in [0.2, 0.25) is 11.8 Å². The fourth-order valence-electron chi connectivity index (χ4n) is 11.2. The topological polar surface area (TPSA) is 132 Å². The Morgan fingerprint density at radius 3 is 2.11 bits per heavy atom. The zero-order valence-corrected chi connectivity index (χ0v) is 36.3. The molecular weight excluding hydrogens is 796 g/mol. The van der Waals surface area contributed by atoms with Crippen molar-refractivity contribution in [3.05, 3.63) is 127 Å². The summed E-state index contributed by atoms with van der Waals surface area (Å²) in [6, 6.07) is 21.9. The minimum absolute atomic E-state index is 0.106. The Morgan fingerprint density at radius 2 is 1.44 bits per heavy atom. The number of halogens is 1. The molecule has 10 rings (SSSR count). The fraction of sp³-hybridized carbons (Fsp3) is 0.385. The molecule has 5 aliphatic carbocycles. The van der Waals surface area contributed by atoms with E-state index in [1.807, 2.05) is 12.4 Å². The predicted octanol–water partition coefficient (Wildman–Crippen LogP) is 10.9. The van der Waals surface area contributed by atoms with Crippen molar-refractivity contribution >= 4 is 39.7 Å². The van der Waals surface area contributed by atoms with E-state index in [1.165, 1.54) is 61.9 Å². The van der Waals surface area contributed by atoms with Crippen molar-refractivity contribution in [1.82, 2.24) is 9.97 Å². The summed E-state index contributed by atoms with van der Waals surface area (Å²) >= 11 is 0. The second kappa shape index (κ2) is 16.9. The molecule has 2 heterocycles. The smallest absolute Gasteiger partial charge is 0.240 e. The summed E-state index contributed by atoms with van der Waals surface area (Å²) in [5.74, 6) is 3.42. The molecule has 10 nitrogen and oxygen atoms in total. The lowest BCUT2D eigenvalue weighted by atomic mass is 9.47. The van der Waals surface area contributed by atoms with E-state index < -0.39 is 17.1 Å². The molecule has 0 aliphatic heterocycles. The molecule has 2 aromatic heterocycles. The van der Waals surface area contributed by atoms with Gasteiger partial charge < -0.3 is 30.0 Å². The molecule has 3 fully saturated rings. The maximum absolute atomic E-state index is 13.1. The monoisotopic (exact) mass is 850 g/mol. The molecular formula is C52H55FN4O6. The first kappa shape index (κ1) is 42.2. The van der Waals surface area contributed by atoms with E-state index in [0.29, 0.717) is 63.6 Å². The number of nitrogens with zero attached hydrogens (tertiary/aromatic N) is 2. The molecule has 63 heavy (non-hydrogen) atoms. The summed E-state index contributed by atoms with van der Waals surface area (Å²) in [5, 5.41) is 16.4. The summed E-state index contributed by atoms with van der Waals surface area (Å²) in [5.41, 5.74) is 5.60. The second-order valence-electron chi connectivity index (χ2n) is 18.4. The zero-order chi connectivity index (χ0) is 43.9. The van der Waals surface area contributed by atoms with Crippen LogP contribution in [0.15, 0.2) is 115 Å². The van der Waals surface area contributed by atoms with E-state index in [-0.39, 0.29) is 12.0 Å². The Bertz CT molecular complexity index is 2580. The molecule has 11 heteroatoms. The van der Waals surface area contributed by atoms with Gasteiger partial charge in [-0.05, 0) is 164 Å². The number of hydrogen-bond donors (Lipinski definition) is 3. The van der Waals surface area contributed by atoms with E-state index in [2.05, 4.69) is 58.7 Å². The molecule has 3 aromatic carbocycles. The fourth-order valence-corrected chi connectivity index (χ4v) is 11.2. The molecule has 0 saturated heterocycles. The SMILES string of the molecule is COc1cc2nccc(Oc3ccc(NC(=O)C4(C(=O)Nc5ccc(F)cc5)CC4)cc3)c2cc1OC.C[C@]12CC[C@H](O)CC1=CC[C@@H]1[C@@H]2CC[C@]2(C)C(c3cccnc3)=CC[C@@H]12. The highest BCUT2D eigenvalue weighted by Gasteiger charge is 2.58. The molecule has 0 radical (unpaired) electrons. The van der Waals surface area contributed by atoms with Crippen LogP contribution in [-0.2, 0) is 9.59 Å². The Labute approximate surface area is 368 Å². The number of benzene rings is 3. The molecule has 3 N–H and O–H groups in total. The summed E-state index contributed by atoms with van der Waals surface area (Å²) in [6.45, 7) is 5.03. The van der Waals surface area contributed by atoms with Gasteiger partial charge in [0.05, 0.1) is 25.8 Å². The van der Waals surface area contributed by atoms with Crippen molar-refractivity contribution in [2.24, 2.45) is 34.0 Å². The minimum atomic E-state index is -1.14. The number of allylic oxidation sites excluding steroid dienone is 3. The maximum Gasteiger partial charge on any atom is 0.240 e. The molecule has 6 atom stereocenters. The summed E-state index contributed by atoms with van der Waals surface area (Å²) in [6.07, 6.45) is 19.5. The van der Waals surface area contributed by atoms with E-state index in [9.17, 15) is 19.1 Å². The van der Waals surface area contributed by atoms with E-state index in [1.54, 1.807) is 74.0 Å². The molecule has 0 bridgehead atoms. The molecule has 0 unspecified atom stereocenters. The van der Waals surface area contributed by atoms with Gasteiger partial charge in [-0.2, -0.15) is 0 Å². The van der Waals surface area contributed by atoms with Crippen molar-refractivity contribution in [3.8, 4) is 23.0 Å². The van der Waals surface area contributed by atoms with Crippen LogP contribution < -0.4 is 24.8 Å². The van der Waals surface area contributed by atoms with Crippen LogP contribution in [0.5, 0.6) is 23.0 Å². The van der Waals surface area contributed by atoms with Crippen LogP contribution in [-0.4, -0.2) is 47.2 Å². The van der Waals surface area contributed by atoms with Crippen molar-refractivity contribution in [2.45, 2.75) is 77.7 Å². The van der Waals surface area contributed by atoms with E-state index >= 15 is 0 Å². The molecule has 3 saturated carbocycles. The maximum atomic E-state index is 13.1. The third-order valence-electron chi connectivity index (χ3n) is 14.9. The second-order valence-corrected chi connectivity index (χ2v) is 18.4. The van der Waals surface area contributed by atoms with Crippen LogP contribution in [0.2, 0.25) is 0 Å². The summed E-state index contributed by atoms with van der Waals surface area (Å²) in [7, 11) is 3.12. The van der Waals surface area contributed by atoms with Gasteiger partial charge >= 0.3 is 0 Å². The van der Waals surface area contributed by atoms with Crippen molar-refractivity contribution in [2.75, 3.05) is 24.9 Å². The molecule has 326 valence electrons. The average Bonchev–Trinajstić information content (AvgIpc) is 4.04. The van der Waals surface area contributed by atoms with Gasteiger partial charge in [-0.3, -0.25) is 19.6 Å². The molecule has 2 amide bonds. The lowest BCUT2D eigenvalue weighted by Crippen LogP contribution is -2.49. The first-order valence-corrected chi connectivity index (χ1v) is 22.1. The first-order valence-electron chi connectivity index (χ1n) is 22.1. The predicted molar refractivity (Wildman–Crippen MR) is 242 cm³/mol. The van der Waals surface area contributed by atoms with Gasteiger partial charge in [0.1, 0.15) is 22.7 Å². The lowest BCUT2D eigenvalue weighted by molar-refractivity contribution is -0.131. The Kier molecular flexibility index (Phi) is 11.3. The van der Waals surface area contributed by atoms with Gasteiger partial charge in [0.25, 0.3) is 0 Å². The van der Waals surface area contributed by atoms with Crippen molar-refractivity contribution in [1.29, 1.82) is 0 Å². The van der Waals surface area contributed by atoms with Crippen LogP contribution in [0.3, 0.4) is 0 Å². The average molecular weight is 851 g/mol. The number of carbonyl (C=O) groups excluding carboxylic acids is 2. The van der Waals surface area contributed by atoms with Crippen LogP contribution in [0.4, 0.5) is 15.8 Å². The highest BCUT2D eigenvalue weighted by Crippen LogP contribution is 2.66. The van der Waals surface area contributed by atoms with Crippen LogP contribution >= 0.6 is 0 Å². The minimum Gasteiger partial charge on any atom is -0.493 e. The largest absolute Gasteiger partial charge is 0.493 e. The van der Waals surface area contributed by atoms with Gasteiger partial charge in [-0.15, -0.1) is 0 Å². The number of aromatic nitrogens is 2. The number of ether oxygens (including phenoxy) is 3. The third kappa shape index (κ3) is 7.96. The highest BCUT2D eigenvalue weighted by molar-refractivity contribution is 6.16. The zero-order valence-electron chi connectivity index (χ0n) is 36.3. The number of pyridine rings is 2. The number of nitrogens with one attached hydrogen (secondary N) is 2. The van der Waals surface area contributed by atoms with Gasteiger partial charge in [-0.1, -0.05) is 37.6 Å². The van der Waals surface area contributed by atoms with Gasteiger partial charge in [-0.25, -0.2) is 4.39 Å². The van der Waals surface area contributed by atoms with Crippen LogP contribution in [0.1, 0.15) is 77.2 Å². The highest BCUT2D eigenvalue weighted by atomic mass is 19.1. The molecule has 5 aromatic rings. The van der Waals surface area contributed by atoms with Crippen molar-refractivity contribution in [3.63, 3.8) is 0 Å². The Morgan fingerprint density at radius 1 is 0.762 bits per heavy atom. The quantitative estimate of drug-likeness (QED) is 0.0987. The number of anilines is 2. The van der Waals surface area contributed by atoms with E-state index in [0.717, 1.165) is 36.0 Å². The number of rotatable bonds is 9. The van der Waals surface area contributed by atoms with Gasteiger partial charge in [0.15, 0.2) is 11.5 Å². The number of hydrogen-bond acceptors (Lipinski definition) is 8. The van der Waals surface area contributed by atoms with Gasteiger partial charge in [0, 0.05) is 41.4 Å². The third-order valence-corrected chi connectivity index (χ3v) is 14.9. The number of methoxy groups -OCH3 is 2. The van der Waals surface area contributed by atoms with Crippen LogP contribution in [0.25, 0.3) is 16.5 Å². The number of aliphatic hydroxyl groups excluding tert-OH is 1. The normalized spacial score (nSPS) is 26.3. The molecule has 5 aliphatic rings. The summed E-state index contributed by atoms with van der Waals surface area (Å²) in [4.78, 5) is 34.4. The standard InChI is InChI=1S/C28H24FN3O5.C24H31NO/c1-35-24-15-21-22(16-25(24)36-2)30-14-11-23(21)37-20-9-7-19(8-10-20)32-27(34)28(12-13-28)26(33)31-18-5-3-17(29)4-6-18;1-23-11-9-18(26)14-17(23)5-6-19-21-8-7-20(16-4-3-13-25-15-16)24(21,2)12-10-22(19)23/h3-11,14-16H,12-13H2,1-2H3,(H,31,33)(H,32,34);3-5,7,13,15,18-19,21-22,26H,6,8-12,14H2,1-2H3/t;18-,19-,21-,22-,23-,24+/m.0/s1. The Balaban J connectivity index is 0.000000170. The Hall–Kier alpha value is -6.07. The summed E-state index contributed by atoms with van der Waals surface area (Å²) < 4.78 is 29.9. The van der Waals surface area contributed by atoms with Crippen LogP contribution in [0, 0.1) is 39.8 Å². The van der Waals surface area contributed by atoms with E-state index in [4.69, 9.17) is 14.2 Å². The number of aliphatic hydroxyl groups is 1.